The third-order valence-corrected chi connectivity index (χ3v) is 4.23. The Bertz CT molecular complexity index is 739. The molecule has 6 nitrogen and oxygen atoms in total. The lowest BCUT2D eigenvalue weighted by molar-refractivity contribution is -0.122. The molecule has 1 fully saturated rings. The maximum atomic E-state index is 12.5. The minimum absolute atomic E-state index is 0.142. The number of fused-ring (bicyclic) bond motifs is 1. The smallest absolute Gasteiger partial charge is 0.258 e. The van der Waals surface area contributed by atoms with E-state index >= 15 is 0 Å². The number of nitrogens with zero attached hydrogens (tertiary/aromatic N) is 3. The molecular weight excluding hydrogens is 280 g/mol. The molecule has 2 heterocycles. The monoisotopic (exact) mass is 294 g/mol. The topological polar surface area (TPSA) is 79.0 Å². The van der Waals surface area contributed by atoms with Crippen LogP contribution >= 0.6 is 0 Å². The van der Waals surface area contributed by atoms with E-state index in [1.54, 1.807) is 0 Å². The molecule has 1 N–H and O–H groups in total. The number of allylic oxidation sites excluding steroid dienone is 2. The van der Waals surface area contributed by atoms with Crippen molar-refractivity contribution in [2.45, 2.75) is 12.8 Å². The summed E-state index contributed by atoms with van der Waals surface area (Å²) in [6, 6.07) is 9.48. The van der Waals surface area contributed by atoms with Gasteiger partial charge in [0.2, 0.25) is 11.8 Å². The predicted molar refractivity (Wildman–Crippen MR) is 79.7 cm³/mol. The molecule has 1 aromatic carbocycles. The van der Waals surface area contributed by atoms with Crippen molar-refractivity contribution in [3.05, 3.63) is 42.5 Å². The fraction of sp³-hybridized carbons (Fsp3) is 0.250. The van der Waals surface area contributed by atoms with E-state index in [2.05, 4.69) is 15.2 Å². The van der Waals surface area contributed by atoms with Crippen LogP contribution in [0.25, 0.3) is 11.4 Å². The highest BCUT2D eigenvalue weighted by Crippen LogP contribution is 2.36. The second-order valence-electron chi connectivity index (χ2n) is 5.52. The van der Waals surface area contributed by atoms with Gasteiger partial charge in [-0.05, 0) is 12.8 Å². The summed E-state index contributed by atoms with van der Waals surface area (Å²) in [7, 11) is 0. The van der Waals surface area contributed by atoms with Crippen molar-refractivity contribution in [1.82, 2.24) is 15.2 Å². The van der Waals surface area contributed by atoms with E-state index in [-0.39, 0.29) is 29.6 Å². The standard InChI is InChI=1S/C16H14N4O2/c21-14-11-8-4-5-9-12(11)15(22)20(14)16-17-13(18-19-16)10-6-2-1-3-7-10/h1-7,11-12H,8-9H2,(H,17,18,19)/t11-,12-/m0/s1. The average Bonchev–Trinajstić information content (AvgIpc) is 3.13. The summed E-state index contributed by atoms with van der Waals surface area (Å²) in [5.74, 6) is -0.240. The van der Waals surface area contributed by atoms with E-state index in [4.69, 9.17) is 0 Å². The van der Waals surface area contributed by atoms with Crippen LogP contribution < -0.4 is 4.90 Å². The lowest BCUT2D eigenvalue weighted by atomic mass is 9.85. The number of hydrogen-bond donors (Lipinski definition) is 1. The van der Waals surface area contributed by atoms with E-state index in [0.717, 1.165) is 10.5 Å². The van der Waals surface area contributed by atoms with Gasteiger partial charge in [-0.25, -0.2) is 4.90 Å². The molecule has 22 heavy (non-hydrogen) atoms. The highest BCUT2D eigenvalue weighted by molar-refractivity contribution is 6.21. The molecule has 2 aromatic rings. The molecule has 1 aliphatic heterocycles. The van der Waals surface area contributed by atoms with Crippen molar-refractivity contribution in [2.75, 3.05) is 4.90 Å². The Labute approximate surface area is 126 Å². The van der Waals surface area contributed by atoms with Crippen LogP contribution in [0.1, 0.15) is 12.8 Å². The van der Waals surface area contributed by atoms with Gasteiger partial charge >= 0.3 is 0 Å². The molecule has 0 unspecified atom stereocenters. The largest absolute Gasteiger partial charge is 0.274 e. The summed E-state index contributed by atoms with van der Waals surface area (Å²) in [5, 5.41) is 6.86. The highest BCUT2D eigenvalue weighted by atomic mass is 16.2. The minimum Gasteiger partial charge on any atom is -0.274 e. The molecule has 1 aliphatic carbocycles. The fourth-order valence-corrected chi connectivity index (χ4v) is 3.08. The van der Waals surface area contributed by atoms with Crippen molar-refractivity contribution < 1.29 is 9.59 Å². The normalized spacial score (nSPS) is 23.9. The number of rotatable bonds is 2. The first kappa shape index (κ1) is 12.9. The van der Waals surface area contributed by atoms with E-state index < -0.39 is 0 Å². The van der Waals surface area contributed by atoms with Gasteiger partial charge in [0.25, 0.3) is 5.95 Å². The summed E-state index contributed by atoms with van der Waals surface area (Å²) in [5.41, 5.74) is 0.861. The summed E-state index contributed by atoms with van der Waals surface area (Å²) in [6.07, 6.45) is 5.15. The van der Waals surface area contributed by atoms with Crippen LogP contribution in [0.5, 0.6) is 0 Å². The SMILES string of the molecule is O=C1[C@H]2CC=CC[C@@H]2C(=O)N1c1n[nH]c(-c2ccccc2)n1. The Kier molecular flexibility index (Phi) is 2.89. The number of amides is 2. The molecule has 4 rings (SSSR count). The summed E-state index contributed by atoms with van der Waals surface area (Å²) in [4.78, 5) is 30.4. The molecule has 1 saturated heterocycles. The van der Waals surface area contributed by atoms with Gasteiger partial charge in [0.15, 0.2) is 5.82 Å². The highest BCUT2D eigenvalue weighted by Gasteiger charge is 2.49. The van der Waals surface area contributed by atoms with E-state index in [1.807, 2.05) is 42.5 Å². The van der Waals surface area contributed by atoms with Gasteiger partial charge in [0, 0.05) is 5.56 Å². The van der Waals surface area contributed by atoms with Crippen molar-refractivity contribution in [1.29, 1.82) is 0 Å². The molecule has 0 radical (unpaired) electrons. The quantitative estimate of drug-likeness (QED) is 0.678. The number of carbonyl (C=O) groups excluding carboxylic acids is 2. The number of aromatic nitrogens is 3. The van der Waals surface area contributed by atoms with Gasteiger partial charge < -0.3 is 0 Å². The van der Waals surface area contributed by atoms with E-state index in [0.29, 0.717) is 18.7 Å². The Hall–Kier alpha value is -2.76. The maximum Gasteiger partial charge on any atom is 0.258 e. The number of hydrogen-bond acceptors (Lipinski definition) is 4. The van der Waals surface area contributed by atoms with Crippen molar-refractivity contribution in [2.24, 2.45) is 11.8 Å². The first-order valence-corrected chi connectivity index (χ1v) is 7.26. The third kappa shape index (κ3) is 1.88. The van der Waals surface area contributed by atoms with Gasteiger partial charge in [-0.3, -0.25) is 14.7 Å². The van der Waals surface area contributed by atoms with Gasteiger partial charge in [0.1, 0.15) is 0 Å². The molecule has 1 aromatic heterocycles. The lowest BCUT2D eigenvalue weighted by Crippen LogP contribution is -2.31. The second-order valence-corrected chi connectivity index (χ2v) is 5.52. The van der Waals surface area contributed by atoms with Crippen LogP contribution in [-0.4, -0.2) is 27.0 Å². The van der Waals surface area contributed by atoms with Crippen LogP contribution in [0.3, 0.4) is 0 Å². The maximum absolute atomic E-state index is 12.5. The summed E-state index contributed by atoms with van der Waals surface area (Å²) < 4.78 is 0. The fourth-order valence-electron chi connectivity index (χ4n) is 3.08. The lowest BCUT2D eigenvalue weighted by Gasteiger charge is -2.14. The molecule has 0 saturated carbocycles. The number of aromatic amines is 1. The molecule has 2 amide bonds. The van der Waals surface area contributed by atoms with Crippen molar-refractivity contribution in [3.63, 3.8) is 0 Å². The van der Waals surface area contributed by atoms with Gasteiger partial charge in [-0.2, -0.15) is 4.98 Å². The molecule has 110 valence electrons. The van der Waals surface area contributed by atoms with Crippen molar-refractivity contribution in [3.8, 4) is 11.4 Å². The first-order chi connectivity index (χ1) is 10.8. The number of anilines is 1. The molecule has 0 spiro atoms. The summed E-state index contributed by atoms with van der Waals surface area (Å²) in [6.45, 7) is 0. The van der Waals surface area contributed by atoms with Crippen LogP contribution in [0.4, 0.5) is 5.95 Å². The Morgan fingerprint density at radius 1 is 1.00 bits per heavy atom. The molecule has 6 heteroatoms. The molecule has 2 aliphatic rings. The van der Waals surface area contributed by atoms with Crippen LogP contribution in [-0.2, 0) is 9.59 Å². The number of nitrogens with one attached hydrogen (secondary N) is 1. The van der Waals surface area contributed by atoms with Crippen molar-refractivity contribution >= 4 is 17.8 Å². The Morgan fingerprint density at radius 3 is 2.27 bits per heavy atom. The second kappa shape index (κ2) is 4.91. The first-order valence-electron chi connectivity index (χ1n) is 7.26. The Balaban J connectivity index is 1.67. The zero-order valence-electron chi connectivity index (χ0n) is 11.8. The minimum atomic E-state index is -0.267. The zero-order valence-corrected chi connectivity index (χ0v) is 11.8. The average molecular weight is 294 g/mol. The predicted octanol–water partition coefficient (Wildman–Crippen LogP) is 1.93. The zero-order chi connectivity index (χ0) is 15.1. The number of carbonyl (C=O) groups is 2. The number of benzene rings is 1. The van der Waals surface area contributed by atoms with Crippen LogP contribution in [0, 0.1) is 11.8 Å². The molecular formula is C16H14N4O2. The van der Waals surface area contributed by atoms with E-state index in [9.17, 15) is 9.59 Å². The van der Waals surface area contributed by atoms with Crippen LogP contribution in [0.2, 0.25) is 0 Å². The third-order valence-electron chi connectivity index (χ3n) is 4.23. The molecule has 0 bridgehead atoms. The van der Waals surface area contributed by atoms with E-state index in [1.165, 1.54) is 0 Å². The Morgan fingerprint density at radius 2 is 1.64 bits per heavy atom. The molecule has 2 atom stereocenters. The van der Waals surface area contributed by atoms with Crippen LogP contribution in [0.15, 0.2) is 42.5 Å². The van der Waals surface area contributed by atoms with Gasteiger partial charge in [-0.15, -0.1) is 5.10 Å². The van der Waals surface area contributed by atoms with Gasteiger partial charge in [0.05, 0.1) is 11.8 Å². The van der Waals surface area contributed by atoms with Gasteiger partial charge in [-0.1, -0.05) is 42.5 Å². The summed E-state index contributed by atoms with van der Waals surface area (Å²) >= 11 is 0. The number of H-pyrrole nitrogens is 1. The number of imide groups is 1.